The van der Waals surface area contributed by atoms with Crippen LogP contribution in [0, 0.1) is 11.8 Å². The molecule has 0 aliphatic heterocycles. The molecule has 2 aliphatic rings. The van der Waals surface area contributed by atoms with E-state index in [1.165, 1.54) is 0 Å². The van der Waals surface area contributed by atoms with Crippen LogP contribution in [-0.4, -0.2) is 18.0 Å². The third-order valence-corrected chi connectivity index (χ3v) is 5.95. The molecular weight excluding hydrogens is 371 g/mol. The Morgan fingerprint density at radius 2 is 1.81 bits per heavy atom. The fourth-order valence-corrected chi connectivity index (χ4v) is 4.59. The standard InChI is InChI=1S/C21H18Cl2O3/c1-26-18-7-4-11(15-6-5-14(22)10-17(15)23)9-16(18)19-20(24)12-2-3-13(8-12)21(19)25/h4-7,9-10,12-13,24H,2-3,8H2,1H3/t12-,13-/m1/s1. The fraction of sp³-hybridized carbons (Fsp3) is 0.286. The number of methoxy groups -OCH3 is 1. The molecule has 0 unspecified atom stereocenters. The van der Waals surface area contributed by atoms with Crippen molar-refractivity contribution < 1.29 is 14.6 Å². The number of benzene rings is 2. The van der Waals surface area contributed by atoms with Gasteiger partial charge in [0.25, 0.3) is 0 Å². The Bertz CT molecular complexity index is 933. The van der Waals surface area contributed by atoms with Crippen LogP contribution in [0.25, 0.3) is 16.7 Å². The summed E-state index contributed by atoms with van der Waals surface area (Å²) in [4.78, 5) is 12.9. The van der Waals surface area contributed by atoms with Crippen molar-refractivity contribution in [1.29, 1.82) is 0 Å². The van der Waals surface area contributed by atoms with Gasteiger partial charge >= 0.3 is 0 Å². The summed E-state index contributed by atoms with van der Waals surface area (Å²) in [7, 11) is 1.56. The number of rotatable bonds is 3. The summed E-state index contributed by atoms with van der Waals surface area (Å²) in [6.45, 7) is 0. The van der Waals surface area contributed by atoms with Gasteiger partial charge in [-0.05, 0) is 49.1 Å². The van der Waals surface area contributed by atoms with Crippen LogP contribution in [0.3, 0.4) is 0 Å². The van der Waals surface area contributed by atoms with Gasteiger partial charge in [-0.15, -0.1) is 0 Å². The second-order valence-corrected chi connectivity index (χ2v) is 7.71. The molecule has 1 saturated carbocycles. The molecule has 2 aliphatic carbocycles. The molecule has 0 amide bonds. The number of carbonyl (C=O) groups is 1. The predicted octanol–water partition coefficient (Wildman–Crippen LogP) is 5.94. The molecule has 3 nitrogen and oxygen atoms in total. The SMILES string of the molecule is COc1ccc(-c2ccc(Cl)cc2Cl)cc1C1=C(O)[C@@H]2CC[C@H](C2)C1=O. The molecule has 5 heteroatoms. The summed E-state index contributed by atoms with van der Waals surface area (Å²) < 4.78 is 5.47. The van der Waals surface area contributed by atoms with Crippen LogP contribution < -0.4 is 4.74 Å². The molecule has 26 heavy (non-hydrogen) atoms. The van der Waals surface area contributed by atoms with Gasteiger partial charge in [-0.25, -0.2) is 0 Å². The average Bonchev–Trinajstić information content (AvgIpc) is 3.07. The number of aliphatic hydroxyl groups is 1. The summed E-state index contributed by atoms with van der Waals surface area (Å²) in [6.07, 6.45) is 2.44. The van der Waals surface area contributed by atoms with E-state index in [1.807, 2.05) is 18.2 Å². The summed E-state index contributed by atoms with van der Waals surface area (Å²) >= 11 is 12.3. The molecule has 0 spiro atoms. The number of ether oxygens (including phenoxy) is 1. The third kappa shape index (κ3) is 2.80. The van der Waals surface area contributed by atoms with E-state index in [-0.39, 0.29) is 23.4 Å². The Labute approximate surface area is 162 Å². The first-order valence-corrected chi connectivity index (χ1v) is 9.36. The van der Waals surface area contributed by atoms with Gasteiger partial charge in [0.05, 0.1) is 12.7 Å². The van der Waals surface area contributed by atoms with E-state index in [2.05, 4.69) is 0 Å². The third-order valence-electron chi connectivity index (χ3n) is 5.40. The van der Waals surface area contributed by atoms with Crippen molar-refractivity contribution in [3.8, 4) is 16.9 Å². The molecule has 0 aromatic heterocycles. The molecule has 4 rings (SSSR count). The minimum absolute atomic E-state index is 0.00150. The molecule has 134 valence electrons. The first-order chi connectivity index (χ1) is 12.5. The number of ketones is 1. The van der Waals surface area contributed by atoms with Gasteiger partial charge in [-0.2, -0.15) is 0 Å². The highest BCUT2D eigenvalue weighted by atomic mass is 35.5. The van der Waals surface area contributed by atoms with Crippen LogP contribution in [0.1, 0.15) is 24.8 Å². The van der Waals surface area contributed by atoms with Gasteiger partial charge in [-0.3, -0.25) is 4.79 Å². The van der Waals surface area contributed by atoms with Crippen molar-refractivity contribution in [3.63, 3.8) is 0 Å². The van der Waals surface area contributed by atoms with Crippen molar-refractivity contribution >= 4 is 34.6 Å². The fourth-order valence-electron chi connectivity index (χ4n) is 4.07. The lowest BCUT2D eigenvalue weighted by atomic mass is 9.82. The highest BCUT2D eigenvalue weighted by Gasteiger charge is 2.42. The van der Waals surface area contributed by atoms with E-state index in [0.717, 1.165) is 30.4 Å². The largest absolute Gasteiger partial charge is 0.511 e. The minimum Gasteiger partial charge on any atom is -0.511 e. The molecule has 1 N–H and O–H groups in total. The van der Waals surface area contributed by atoms with E-state index >= 15 is 0 Å². The molecule has 0 radical (unpaired) electrons. The minimum atomic E-state index is -0.00150. The Hall–Kier alpha value is -1.97. The number of aliphatic hydroxyl groups excluding tert-OH is 1. The molecule has 0 saturated heterocycles. The number of Topliss-reactive ketones (excluding diaryl/α,β-unsaturated/α-hetero) is 1. The van der Waals surface area contributed by atoms with Crippen LogP contribution >= 0.6 is 23.2 Å². The molecule has 2 bridgehead atoms. The average molecular weight is 389 g/mol. The van der Waals surface area contributed by atoms with Crippen LogP contribution in [-0.2, 0) is 4.79 Å². The number of fused-ring (bicyclic) bond motifs is 2. The summed E-state index contributed by atoms with van der Waals surface area (Å²) in [5, 5.41) is 11.8. The number of allylic oxidation sites excluding steroid dienone is 2. The first-order valence-electron chi connectivity index (χ1n) is 8.60. The van der Waals surface area contributed by atoms with Gasteiger partial charge in [0.15, 0.2) is 5.78 Å². The molecular formula is C21H18Cl2O3. The van der Waals surface area contributed by atoms with Crippen LogP contribution in [0.5, 0.6) is 5.75 Å². The van der Waals surface area contributed by atoms with Crippen LogP contribution in [0.4, 0.5) is 0 Å². The Morgan fingerprint density at radius 1 is 1.04 bits per heavy atom. The van der Waals surface area contributed by atoms with Crippen LogP contribution in [0.15, 0.2) is 42.2 Å². The molecule has 2 aromatic carbocycles. The van der Waals surface area contributed by atoms with Gasteiger partial charge in [0, 0.05) is 33.0 Å². The maximum absolute atomic E-state index is 12.9. The number of halogens is 2. The lowest BCUT2D eigenvalue weighted by molar-refractivity contribution is -0.117. The highest BCUT2D eigenvalue weighted by Crippen LogP contribution is 2.47. The van der Waals surface area contributed by atoms with Crippen molar-refractivity contribution in [2.45, 2.75) is 19.3 Å². The van der Waals surface area contributed by atoms with Crippen molar-refractivity contribution in [3.05, 3.63) is 57.8 Å². The maximum atomic E-state index is 12.9. The highest BCUT2D eigenvalue weighted by molar-refractivity contribution is 6.36. The van der Waals surface area contributed by atoms with Gasteiger partial charge in [0.2, 0.25) is 0 Å². The monoisotopic (exact) mass is 388 g/mol. The topological polar surface area (TPSA) is 46.5 Å². The lowest BCUT2D eigenvalue weighted by Crippen LogP contribution is -2.21. The zero-order chi connectivity index (χ0) is 18.4. The molecule has 1 fully saturated rings. The Kier molecular flexibility index (Phi) is 4.45. The van der Waals surface area contributed by atoms with E-state index in [4.69, 9.17) is 27.9 Å². The smallest absolute Gasteiger partial charge is 0.170 e. The first kappa shape index (κ1) is 17.4. The maximum Gasteiger partial charge on any atom is 0.170 e. The van der Waals surface area contributed by atoms with Gasteiger partial charge < -0.3 is 9.84 Å². The Morgan fingerprint density at radius 3 is 2.54 bits per heavy atom. The molecule has 0 heterocycles. The number of carbonyl (C=O) groups excluding carboxylic acids is 1. The lowest BCUT2D eigenvalue weighted by Gasteiger charge is -2.23. The van der Waals surface area contributed by atoms with Crippen molar-refractivity contribution in [1.82, 2.24) is 0 Å². The van der Waals surface area contributed by atoms with Crippen LogP contribution in [0.2, 0.25) is 10.0 Å². The van der Waals surface area contributed by atoms with Gasteiger partial charge in [-0.1, -0.05) is 35.3 Å². The zero-order valence-electron chi connectivity index (χ0n) is 14.3. The van der Waals surface area contributed by atoms with E-state index in [0.29, 0.717) is 26.9 Å². The van der Waals surface area contributed by atoms with Gasteiger partial charge in [0.1, 0.15) is 11.5 Å². The zero-order valence-corrected chi connectivity index (χ0v) is 15.8. The van der Waals surface area contributed by atoms with Crippen molar-refractivity contribution in [2.24, 2.45) is 11.8 Å². The van der Waals surface area contributed by atoms with E-state index < -0.39 is 0 Å². The summed E-state index contributed by atoms with van der Waals surface area (Å²) in [5.74, 6) is 0.837. The number of hydrogen-bond donors (Lipinski definition) is 1. The second kappa shape index (κ2) is 6.64. The van der Waals surface area contributed by atoms with E-state index in [9.17, 15) is 9.90 Å². The normalized spacial score (nSPS) is 22.0. The summed E-state index contributed by atoms with van der Waals surface area (Å²) in [5.41, 5.74) is 2.67. The Balaban J connectivity index is 1.88. The quantitative estimate of drug-likeness (QED) is 0.707. The summed E-state index contributed by atoms with van der Waals surface area (Å²) in [6, 6.07) is 10.9. The number of hydrogen-bond acceptors (Lipinski definition) is 3. The molecule has 2 aromatic rings. The van der Waals surface area contributed by atoms with E-state index in [1.54, 1.807) is 25.3 Å². The predicted molar refractivity (Wildman–Crippen MR) is 104 cm³/mol. The molecule has 2 atom stereocenters. The second-order valence-electron chi connectivity index (χ2n) is 6.87. The van der Waals surface area contributed by atoms with Crippen molar-refractivity contribution in [2.75, 3.05) is 7.11 Å².